The molecule has 0 aromatic heterocycles. The number of thioether (sulfide) groups is 2. The molecule has 15 heavy (non-hydrogen) atoms. The summed E-state index contributed by atoms with van der Waals surface area (Å²) < 4.78 is 5.68. The summed E-state index contributed by atoms with van der Waals surface area (Å²) in [6, 6.07) is 0. The number of rotatable bonds is 3. The van der Waals surface area contributed by atoms with Gasteiger partial charge in [-0.05, 0) is 13.8 Å². The molecule has 0 aliphatic carbocycles. The molecule has 1 heterocycles. The van der Waals surface area contributed by atoms with Crippen LogP contribution in [0.25, 0.3) is 0 Å². The van der Waals surface area contributed by atoms with Crippen molar-refractivity contribution in [1.29, 1.82) is 0 Å². The summed E-state index contributed by atoms with van der Waals surface area (Å²) in [5, 5.41) is 0.453. The lowest BCUT2D eigenvalue weighted by atomic mass is 10.2. The van der Waals surface area contributed by atoms with Crippen molar-refractivity contribution in [2.24, 2.45) is 0 Å². The Morgan fingerprint density at radius 2 is 2.20 bits per heavy atom. The predicted octanol–water partition coefficient (Wildman–Crippen LogP) is 2.22. The number of esters is 1. The van der Waals surface area contributed by atoms with Crippen molar-refractivity contribution < 1.29 is 14.3 Å². The fraction of sp³-hybridized carbons (Fsp3) is 0.600. The molecule has 0 saturated carbocycles. The van der Waals surface area contributed by atoms with Crippen LogP contribution in [0.1, 0.15) is 20.8 Å². The van der Waals surface area contributed by atoms with Crippen molar-refractivity contribution in [2.75, 3.05) is 12.4 Å². The van der Waals surface area contributed by atoms with E-state index in [0.717, 1.165) is 9.99 Å². The van der Waals surface area contributed by atoms with Gasteiger partial charge in [-0.15, -0.1) is 23.5 Å². The third-order valence-electron chi connectivity index (χ3n) is 1.79. The SMILES string of the molecule is CCOC(=O)C(C(C)=O)=C1SCC(C)S1. The molecule has 1 aliphatic rings. The van der Waals surface area contributed by atoms with Gasteiger partial charge in [-0.3, -0.25) is 4.79 Å². The Kier molecular flexibility index (Phi) is 4.73. The molecule has 1 unspecified atom stereocenters. The highest BCUT2D eigenvalue weighted by atomic mass is 32.2. The van der Waals surface area contributed by atoms with E-state index in [1.807, 2.05) is 0 Å². The molecule has 1 aliphatic heterocycles. The first kappa shape index (κ1) is 12.6. The van der Waals surface area contributed by atoms with Crippen LogP contribution < -0.4 is 0 Å². The second-order valence-electron chi connectivity index (χ2n) is 3.18. The van der Waals surface area contributed by atoms with Crippen molar-refractivity contribution in [2.45, 2.75) is 26.0 Å². The van der Waals surface area contributed by atoms with Crippen molar-refractivity contribution in [3.8, 4) is 0 Å². The first-order valence-corrected chi connectivity index (χ1v) is 6.64. The molecular weight excluding hydrogens is 232 g/mol. The van der Waals surface area contributed by atoms with Gasteiger partial charge >= 0.3 is 5.97 Å². The molecule has 0 N–H and O–H groups in total. The minimum atomic E-state index is -0.492. The summed E-state index contributed by atoms with van der Waals surface area (Å²) in [6.07, 6.45) is 0. The molecular formula is C10H14O3S2. The average molecular weight is 246 g/mol. The molecule has 1 rings (SSSR count). The lowest BCUT2D eigenvalue weighted by Gasteiger charge is -2.06. The molecule has 0 spiro atoms. The monoisotopic (exact) mass is 246 g/mol. The van der Waals surface area contributed by atoms with Crippen LogP contribution in [0.2, 0.25) is 0 Å². The number of Topliss-reactive ketones (excluding diaryl/α,β-unsaturated/α-hetero) is 1. The van der Waals surface area contributed by atoms with E-state index in [9.17, 15) is 9.59 Å². The lowest BCUT2D eigenvalue weighted by molar-refractivity contribution is -0.139. The van der Waals surface area contributed by atoms with Gasteiger partial charge in [0, 0.05) is 11.0 Å². The molecule has 1 fully saturated rings. The van der Waals surface area contributed by atoms with Gasteiger partial charge in [0.25, 0.3) is 0 Å². The summed E-state index contributed by atoms with van der Waals surface area (Å²) in [7, 11) is 0. The second kappa shape index (κ2) is 5.61. The summed E-state index contributed by atoms with van der Waals surface area (Å²) in [4.78, 5) is 22.9. The van der Waals surface area contributed by atoms with E-state index in [-0.39, 0.29) is 11.4 Å². The Balaban J connectivity index is 2.91. The van der Waals surface area contributed by atoms with Crippen LogP contribution in [-0.4, -0.2) is 29.4 Å². The zero-order chi connectivity index (χ0) is 11.4. The first-order valence-electron chi connectivity index (χ1n) is 4.78. The van der Waals surface area contributed by atoms with E-state index in [1.54, 1.807) is 30.4 Å². The van der Waals surface area contributed by atoms with Gasteiger partial charge in [-0.1, -0.05) is 6.92 Å². The predicted molar refractivity (Wildman–Crippen MR) is 63.9 cm³/mol. The van der Waals surface area contributed by atoms with Gasteiger partial charge in [0.1, 0.15) is 5.57 Å². The molecule has 0 aromatic rings. The van der Waals surface area contributed by atoms with E-state index < -0.39 is 5.97 Å². The maximum atomic E-state index is 11.6. The van der Waals surface area contributed by atoms with E-state index in [1.165, 1.54) is 6.92 Å². The Morgan fingerprint density at radius 3 is 2.60 bits per heavy atom. The average Bonchev–Trinajstić information content (AvgIpc) is 2.51. The molecule has 3 nitrogen and oxygen atoms in total. The van der Waals surface area contributed by atoms with E-state index in [4.69, 9.17) is 4.74 Å². The van der Waals surface area contributed by atoms with Crippen LogP contribution in [0, 0.1) is 0 Å². The van der Waals surface area contributed by atoms with Crippen molar-refractivity contribution in [1.82, 2.24) is 0 Å². The van der Waals surface area contributed by atoms with Gasteiger partial charge in [0.15, 0.2) is 5.78 Å². The fourth-order valence-electron chi connectivity index (χ4n) is 1.15. The molecule has 84 valence electrons. The van der Waals surface area contributed by atoms with Gasteiger partial charge < -0.3 is 4.74 Å². The quantitative estimate of drug-likeness (QED) is 0.330. The largest absolute Gasteiger partial charge is 0.462 e. The van der Waals surface area contributed by atoms with E-state index in [2.05, 4.69) is 6.92 Å². The maximum Gasteiger partial charge on any atom is 0.343 e. The van der Waals surface area contributed by atoms with Gasteiger partial charge in [-0.2, -0.15) is 0 Å². The number of hydrogen-bond donors (Lipinski definition) is 0. The standard InChI is InChI=1S/C10H14O3S2/c1-4-13-9(12)8(7(3)11)10-14-5-6(2)15-10/h6H,4-5H2,1-3H3. The van der Waals surface area contributed by atoms with Crippen LogP contribution in [0.5, 0.6) is 0 Å². The Morgan fingerprint density at radius 1 is 1.53 bits per heavy atom. The van der Waals surface area contributed by atoms with Crippen molar-refractivity contribution in [3.63, 3.8) is 0 Å². The topological polar surface area (TPSA) is 43.4 Å². The molecule has 1 saturated heterocycles. The number of carbonyl (C=O) groups excluding carboxylic acids is 2. The van der Waals surface area contributed by atoms with Crippen LogP contribution in [0.3, 0.4) is 0 Å². The van der Waals surface area contributed by atoms with Crippen LogP contribution >= 0.6 is 23.5 Å². The Bertz CT molecular complexity index is 310. The zero-order valence-electron chi connectivity index (χ0n) is 9.03. The fourth-order valence-corrected chi connectivity index (χ4v) is 4.06. The molecule has 0 aromatic carbocycles. The number of carbonyl (C=O) groups is 2. The summed E-state index contributed by atoms with van der Waals surface area (Å²) in [5.74, 6) is 0.238. The second-order valence-corrected chi connectivity index (χ2v) is 5.92. The molecule has 1 atom stereocenters. The van der Waals surface area contributed by atoms with Gasteiger partial charge in [0.05, 0.1) is 10.8 Å². The summed E-state index contributed by atoms with van der Waals surface area (Å²) in [5.41, 5.74) is 0.219. The van der Waals surface area contributed by atoms with Crippen LogP contribution in [0.15, 0.2) is 9.81 Å². The lowest BCUT2D eigenvalue weighted by Crippen LogP contribution is -2.14. The minimum absolute atomic E-state index is 0.211. The summed E-state index contributed by atoms with van der Waals surface area (Å²) in [6.45, 7) is 5.52. The Labute approximate surface area is 98.0 Å². The molecule has 0 bridgehead atoms. The molecule has 0 radical (unpaired) electrons. The molecule has 5 heteroatoms. The highest BCUT2D eigenvalue weighted by molar-refractivity contribution is 8.25. The Hall–Kier alpha value is -0.420. The smallest absolute Gasteiger partial charge is 0.343 e. The number of ether oxygens (including phenoxy) is 1. The maximum absolute atomic E-state index is 11.6. The van der Waals surface area contributed by atoms with Crippen LogP contribution in [-0.2, 0) is 14.3 Å². The number of ketones is 1. The normalized spacial score (nSPS) is 23.8. The minimum Gasteiger partial charge on any atom is -0.462 e. The van der Waals surface area contributed by atoms with Crippen LogP contribution in [0.4, 0.5) is 0 Å². The first-order chi connectivity index (χ1) is 7.06. The highest BCUT2D eigenvalue weighted by Gasteiger charge is 2.27. The third kappa shape index (κ3) is 3.28. The van der Waals surface area contributed by atoms with E-state index >= 15 is 0 Å². The summed E-state index contributed by atoms with van der Waals surface area (Å²) >= 11 is 3.14. The van der Waals surface area contributed by atoms with Crippen molar-refractivity contribution >= 4 is 35.3 Å². The van der Waals surface area contributed by atoms with Gasteiger partial charge in [-0.25, -0.2) is 4.79 Å². The van der Waals surface area contributed by atoms with E-state index in [0.29, 0.717) is 11.9 Å². The zero-order valence-corrected chi connectivity index (χ0v) is 10.7. The highest BCUT2D eigenvalue weighted by Crippen LogP contribution is 2.43. The van der Waals surface area contributed by atoms with Crippen molar-refractivity contribution in [3.05, 3.63) is 9.81 Å². The van der Waals surface area contributed by atoms with Gasteiger partial charge in [0.2, 0.25) is 0 Å². The number of hydrogen-bond acceptors (Lipinski definition) is 5. The third-order valence-corrected chi connectivity index (χ3v) is 4.77. The molecule has 0 amide bonds.